The molecule has 0 amide bonds. The molecule has 0 fully saturated rings. The lowest BCUT2D eigenvalue weighted by atomic mass is 9.79. The van der Waals surface area contributed by atoms with Gasteiger partial charge >= 0.3 is 5.97 Å². The van der Waals surface area contributed by atoms with Crippen LogP contribution >= 0.6 is 23.2 Å². The van der Waals surface area contributed by atoms with Crippen molar-refractivity contribution >= 4 is 29.2 Å². The molecule has 0 saturated heterocycles. The second-order valence-electron chi connectivity index (χ2n) is 3.96. The first-order valence-corrected chi connectivity index (χ1v) is 5.52. The molecule has 0 radical (unpaired) electrons. The van der Waals surface area contributed by atoms with E-state index in [1.165, 1.54) is 0 Å². The molecule has 0 spiro atoms. The van der Waals surface area contributed by atoms with Crippen LogP contribution in [0.2, 0.25) is 10.0 Å². The van der Waals surface area contributed by atoms with E-state index in [9.17, 15) is 4.79 Å². The minimum atomic E-state index is -0.904. The van der Waals surface area contributed by atoms with Crippen molar-refractivity contribution in [2.75, 3.05) is 6.54 Å². The molecule has 3 N–H and O–H groups in total. The van der Waals surface area contributed by atoms with Crippen LogP contribution < -0.4 is 5.73 Å². The summed E-state index contributed by atoms with van der Waals surface area (Å²) in [5.41, 5.74) is 5.68. The maximum Gasteiger partial charge on any atom is 0.304 e. The molecule has 16 heavy (non-hydrogen) atoms. The van der Waals surface area contributed by atoms with Crippen LogP contribution in [0.3, 0.4) is 0 Å². The summed E-state index contributed by atoms with van der Waals surface area (Å²) in [4.78, 5) is 10.8. The number of aliphatic carboxylic acids is 1. The van der Waals surface area contributed by atoms with E-state index in [2.05, 4.69) is 0 Å². The molecule has 1 aromatic carbocycles. The van der Waals surface area contributed by atoms with Gasteiger partial charge in [0.1, 0.15) is 0 Å². The Balaban J connectivity index is 3.17. The van der Waals surface area contributed by atoms with Crippen molar-refractivity contribution in [3.63, 3.8) is 0 Å². The van der Waals surface area contributed by atoms with Crippen molar-refractivity contribution in [1.82, 2.24) is 0 Å². The summed E-state index contributed by atoms with van der Waals surface area (Å²) in [5, 5.41) is 9.83. The van der Waals surface area contributed by atoms with Crippen molar-refractivity contribution in [3.8, 4) is 0 Å². The van der Waals surface area contributed by atoms with Gasteiger partial charge in [-0.2, -0.15) is 0 Å². The third-order valence-corrected chi connectivity index (χ3v) is 3.12. The molecule has 0 aliphatic carbocycles. The summed E-state index contributed by atoms with van der Waals surface area (Å²) in [5.74, 6) is -0.904. The standard InChI is InChI=1S/C11H13Cl2NO2/c1-11(6-14,5-10(15)16)8-3-2-7(12)4-9(8)13/h2-4H,5-6,14H2,1H3,(H,15,16). The zero-order valence-electron chi connectivity index (χ0n) is 8.84. The highest BCUT2D eigenvalue weighted by Gasteiger charge is 2.30. The lowest BCUT2D eigenvalue weighted by Gasteiger charge is -2.27. The molecule has 0 aromatic heterocycles. The highest BCUT2D eigenvalue weighted by atomic mass is 35.5. The molecule has 0 aliphatic rings. The van der Waals surface area contributed by atoms with Crippen molar-refractivity contribution in [2.24, 2.45) is 5.73 Å². The third-order valence-electron chi connectivity index (χ3n) is 2.57. The zero-order chi connectivity index (χ0) is 12.3. The Bertz CT molecular complexity index is 409. The molecule has 3 nitrogen and oxygen atoms in total. The summed E-state index contributed by atoms with van der Waals surface area (Å²) in [7, 11) is 0. The van der Waals surface area contributed by atoms with Crippen LogP contribution in [0, 0.1) is 0 Å². The zero-order valence-corrected chi connectivity index (χ0v) is 10.3. The summed E-state index contributed by atoms with van der Waals surface area (Å²) < 4.78 is 0. The number of carbonyl (C=O) groups is 1. The van der Waals surface area contributed by atoms with Crippen LogP contribution in [0.5, 0.6) is 0 Å². The molecular weight excluding hydrogens is 249 g/mol. The van der Waals surface area contributed by atoms with Crippen molar-refractivity contribution in [3.05, 3.63) is 33.8 Å². The van der Waals surface area contributed by atoms with Gasteiger partial charge in [0.05, 0.1) is 6.42 Å². The second-order valence-corrected chi connectivity index (χ2v) is 4.80. The molecule has 0 heterocycles. The Morgan fingerprint density at radius 3 is 2.56 bits per heavy atom. The molecule has 88 valence electrons. The lowest BCUT2D eigenvalue weighted by Crippen LogP contribution is -2.34. The van der Waals surface area contributed by atoms with Crippen LogP contribution in [-0.2, 0) is 10.2 Å². The fraction of sp³-hybridized carbons (Fsp3) is 0.364. The van der Waals surface area contributed by atoms with Gasteiger partial charge in [-0.05, 0) is 17.7 Å². The van der Waals surface area contributed by atoms with E-state index in [1.807, 2.05) is 0 Å². The monoisotopic (exact) mass is 261 g/mol. The number of hydrogen-bond donors (Lipinski definition) is 2. The highest BCUT2D eigenvalue weighted by molar-refractivity contribution is 6.35. The first-order valence-electron chi connectivity index (χ1n) is 4.76. The van der Waals surface area contributed by atoms with Gasteiger partial charge in [-0.15, -0.1) is 0 Å². The number of carboxylic acid groups (broad SMARTS) is 1. The van der Waals surface area contributed by atoms with Crippen LogP contribution in [0.4, 0.5) is 0 Å². The van der Waals surface area contributed by atoms with E-state index in [4.69, 9.17) is 34.0 Å². The van der Waals surface area contributed by atoms with E-state index in [-0.39, 0.29) is 13.0 Å². The third kappa shape index (κ3) is 2.88. The predicted molar refractivity (Wildman–Crippen MR) is 65.1 cm³/mol. The smallest absolute Gasteiger partial charge is 0.304 e. The number of rotatable bonds is 4. The van der Waals surface area contributed by atoms with Gasteiger partial charge < -0.3 is 10.8 Å². The molecule has 0 aliphatic heterocycles. The maximum absolute atomic E-state index is 10.8. The number of nitrogens with two attached hydrogens (primary N) is 1. The van der Waals surface area contributed by atoms with Gasteiger partial charge in [-0.3, -0.25) is 4.79 Å². The van der Waals surface area contributed by atoms with Gasteiger partial charge in [0, 0.05) is 22.0 Å². The summed E-state index contributed by atoms with van der Waals surface area (Å²) in [6.45, 7) is 1.98. The van der Waals surface area contributed by atoms with Crippen LogP contribution in [0.15, 0.2) is 18.2 Å². The summed E-state index contributed by atoms with van der Waals surface area (Å²) in [6.07, 6.45) is -0.0646. The molecule has 5 heteroatoms. The fourth-order valence-corrected chi connectivity index (χ4v) is 2.23. The van der Waals surface area contributed by atoms with Crippen molar-refractivity contribution in [1.29, 1.82) is 0 Å². The largest absolute Gasteiger partial charge is 0.481 e. The Labute approximate surface area is 104 Å². The van der Waals surface area contributed by atoms with E-state index in [0.29, 0.717) is 15.6 Å². The minimum absolute atomic E-state index is 0.0646. The molecule has 0 bridgehead atoms. The summed E-state index contributed by atoms with van der Waals surface area (Å²) >= 11 is 11.8. The Kier molecular flexibility index (Phi) is 4.19. The Morgan fingerprint density at radius 1 is 1.50 bits per heavy atom. The van der Waals surface area contributed by atoms with Gasteiger partial charge in [0.2, 0.25) is 0 Å². The van der Waals surface area contributed by atoms with Crippen LogP contribution in [0.25, 0.3) is 0 Å². The quantitative estimate of drug-likeness (QED) is 0.876. The van der Waals surface area contributed by atoms with Gasteiger partial charge in [-0.1, -0.05) is 36.2 Å². The van der Waals surface area contributed by atoms with Crippen LogP contribution in [-0.4, -0.2) is 17.6 Å². The first kappa shape index (κ1) is 13.3. The molecule has 1 aromatic rings. The van der Waals surface area contributed by atoms with Gasteiger partial charge in [0.25, 0.3) is 0 Å². The first-order chi connectivity index (χ1) is 7.39. The van der Waals surface area contributed by atoms with Crippen LogP contribution in [0.1, 0.15) is 18.9 Å². The molecule has 1 atom stereocenters. The van der Waals surface area contributed by atoms with Crippen molar-refractivity contribution < 1.29 is 9.90 Å². The number of halogens is 2. The number of carboxylic acids is 1. The number of benzene rings is 1. The average Bonchev–Trinajstić information content (AvgIpc) is 2.16. The average molecular weight is 262 g/mol. The number of hydrogen-bond acceptors (Lipinski definition) is 2. The molecule has 1 unspecified atom stereocenters. The van der Waals surface area contributed by atoms with E-state index < -0.39 is 11.4 Å². The fourth-order valence-electron chi connectivity index (χ4n) is 1.59. The Morgan fingerprint density at radius 2 is 2.12 bits per heavy atom. The second kappa shape index (κ2) is 5.04. The van der Waals surface area contributed by atoms with E-state index in [0.717, 1.165) is 0 Å². The summed E-state index contributed by atoms with van der Waals surface area (Å²) in [6, 6.07) is 4.99. The highest BCUT2D eigenvalue weighted by Crippen LogP contribution is 2.33. The molecular formula is C11H13Cl2NO2. The van der Waals surface area contributed by atoms with Gasteiger partial charge in [0.15, 0.2) is 0 Å². The SMILES string of the molecule is CC(CN)(CC(=O)O)c1ccc(Cl)cc1Cl. The maximum atomic E-state index is 10.8. The normalized spacial score (nSPS) is 14.5. The van der Waals surface area contributed by atoms with E-state index >= 15 is 0 Å². The minimum Gasteiger partial charge on any atom is -0.481 e. The topological polar surface area (TPSA) is 63.3 Å². The van der Waals surface area contributed by atoms with Gasteiger partial charge in [-0.25, -0.2) is 0 Å². The predicted octanol–water partition coefficient (Wildman–Crippen LogP) is 2.68. The van der Waals surface area contributed by atoms with Crippen molar-refractivity contribution in [2.45, 2.75) is 18.8 Å². The Hall–Kier alpha value is -0.770. The molecule has 0 saturated carbocycles. The molecule has 1 rings (SSSR count). The van der Waals surface area contributed by atoms with E-state index in [1.54, 1.807) is 25.1 Å². The lowest BCUT2D eigenvalue weighted by molar-refractivity contribution is -0.138.